The highest BCUT2D eigenvalue weighted by atomic mass is 16.7. The van der Waals surface area contributed by atoms with Crippen molar-refractivity contribution in [2.75, 3.05) is 6.61 Å². The number of hydrogen-bond donors (Lipinski definition) is 0. The predicted molar refractivity (Wildman–Crippen MR) is 112 cm³/mol. The summed E-state index contributed by atoms with van der Waals surface area (Å²) in [6.45, 7) is 4.57. The fourth-order valence-electron chi connectivity index (χ4n) is 3.51. The summed E-state index contributed by atoms with van der Waals surface area (Å²) < 4.78 is 33.0. The van der Waals surface area contributed by atoms with Crippen molar-refractivity contribution in [3.8, 4) is 11.5 Å². The van der Waals surface area contributed by atoms with Crippen molar-refractivity contribution in [2.45, 2.75) is 52.3 Å². The standard InChI is InChI=1S/C23H24O10/c1-12(24)29-18-10-9-16-7-5-6-8-17(16)20(18)33-23-22(32-15(4)27)21(31-14(3)26)19(11-28-23)30-13(2)25/h5-10,19,21-23H,11H2,1-4H3/t19-,21+,22-,23+/m1/s1. The first-order chi connectivity index (χ1) is 15.7. The Morgan fingerprint density at radius 3 is 2.06 bits per heavy atom. The van der Waals surface area contributed by atoms with E-state index in [1.165, 1.54) is 27.7 Å². The molecular weight excluding hydrogens is 436 g/mol. The predicted octanol–water partition coefficient (Wildman–Crippen LogP) is 2.30. The molecule has 0 radical (unpaired) electrons. The van der Waals surface area contributed by atoms with E-state index < -0.39 is 48.5 Å². The van der Waals surface area contributed by atoms with Crippen LogP contribution < -0.4 is 9.47 Å². The van der Waals surface area contributed by atoms with E-state index in [2.05, 4.69) is 0 Å². The van der Waals surface area contributed by atoms with Crippen LogP contribution in [0.5, 0.6) is 11.5 Å². The fraction of sp³-hybridized carbons (Fsp3) is 0.391. The minimum atomic E-state index is -1.28. The lowest BCUT2D eigenvalue weighted by Gasteiger charge is -2.40. The second-order valence-corrected chi connectivity index (χ2v) is 7.32. The van der Waals surface area contributed by atoms with Crippen LogP contribution in [0.25, 0.3) is 10.8 Å². The van der Waals surface area contributed by atoms with Gasteiger partial charge in [-0.05, 0) is 11.5 Å². The van der Waals surface area contributed by atoms with Crippen LogP contribution in [-0.4, -0.2) is 55.1 Å². The van der Waals surface area contributed by atoms with Crippen LogP contribution in [0.3, 0.4) is 0 Å². The van der Waals surface area contributed by atoms with Crippen LogP contribution in [0.1, 0.15) is 27.7 Å². The third-order valence-electron chi connectivity index (χ3n) is 4.64. The zero-order chi connectivity index (χ0) is 24.1. The summed E-state index contributed by atoms with van der Waals surface area (Å²) in [5, 5.41) is 1.39. The molecule has 1 heterocycles. The zero-order valence-corrected chi connectivity index (χ0v) is 18.6. The molecule has 0 amide bonds. The zero-order valence-electron chi connectivity index (χ0n) is 18.6. The molecule has 1 saturated heterocycles. The summed E-state index contributed by atoms with van der Waals surface area (Å²) >= 11 is 0. The first-order valence-corrected chi connectivity index (χ1v) is 10.2. The topological polar surface area (TPSA) is 124 Å². The Hall–Kier alpha value is -3.66. The molecule has 1 aliphatic heterocycles. The van der Waals surface area contributed by atoms with E-state index in [-0.39, 0.29) is 18.1 Å². The second kappa shape index (κ2) is 10.3. The summed E-state index contributed by atoms with van der Waals surface area (Å²) in [5.41, 5.74) is 0. The summed E-state index contributed by atoms with van der Waals surface area (Å²) in [4.78, 5) is 46.8. The largest absolute Gasteiger partial charge is 0.456 e. The van der Waals surface area contributed by atoms with Crippen molar-refractivity contribution in [1.82, 2.24) is 0 Å². The normalized spacial score (nSPS) is 22.2. The molecule has 0 unspecified atom stereocenters. The molecule has 1 aliphatic rings. The van der Waals surface area contributed by atoms with E-state index >= 15 is 0 Å². The van der Waals surface area contributed by atoms with E-state index in [0.717, 1.165) is 5.39 Å². The van der Waals surface area contributed by atoms with Crippen LogP contribution in [0.4, 0.5) is 0 Å². The third kappa shape index (κ3) is 5.98. The Morgan fingerprint density at radius 1 is 0.788 bits per heavy atom. The first-order valence-electron chi connectivity index (χ1n) is 10.2. The Balaban J connectivity index is 2.03. The van der Waals surface area contributed by atoms with E-state index in [4.69, 9.17) is 28.4 Å². The number of benzene rings is 2. The molecule has 2 aromatic rings. The Labute approximate surface area is 189 Å². The van der Waals surface area contributed by atoms with Gasteiger partial charge in [-0.15, -0.1) is 0 Å². The van der Waals surface area contributed by atoms with Gasteiger partial charge in [-0.3, -0.25) is 19.2 Å². The van der Waals surface area contributed by atoms with Gasteiger partial charge in [-0.25, -0.2) is 0 Å². The summed E-state index contributed by atoms with van der Waals surface area (Å²) in [6, 6.07) is 10.5. The maximum atomic E-state index is 11.8. The molecule has 2 aromatic carbocycles. The van der Waals surface area contributed by atoms with Crippen molar-refractivity contribution in [2.24, 2.45) is 0 Å². The number of ether oxygens (including phenoxy) is 6. The highest BCUT2D eigenvalue weighted by Crippen LogP contribution is 2.38. The van der Waals surface area contributed by atoms with Gasteiger partial charge in [0.05, 0.1) is 6.61 Å². The Morgan fingerprint density at radius 2 is 1.42 bits per heavy atom. The van der Waals surface area contributed by atoms with E-state index in [0.29, 0.717) is 5.39 Å². The van der Waals surface area contributed by atoms with Crippen LogP contribution in [0.15, 0.2) is 36.4 Å². The van der Waals surface area contributed by atoms with Crippen molar-refractivity contribution >= 4 is 34.6 Å². The summed E-state index contributed by atoms with van der Waals surface area (Å²) in [5.74, 6) is -2.29. The maximum absolute atomic E-state index is 11.8. The Bertz CT molecular complexity index is 1060. The van der Waals surface area contributed by atoms with Crippen molar-refractivity contribution < 1.29 is 47.6 Å². The van der Waals surface area contributed by atoms with Gasteiger partial charge in [-0.1, -0.05) is 30.3 Å². The van der Waals surface area contributed by atoms with Gasteiger partial charge in [0.1, 0.15) is 0 Å². The van der Waals surface area contributed by atoms with Gasteiger partial charge in [0.15, 0.2) is 23.7 Å². The highest BCUT2D eigenvalue weighted by molar-refractivity contribution is 5.91. The summed E-state index contributed by atoms with van der Waals surface area (Å²) in [6.07, 6.45) is -4.78. The van der Waals surface area contributed by atoms with Gasteiger partial charge in [0.25, 0.3) is 0 Å². The van der Waals surface area contributed by atoms with Crippen molar-refractivity contribution in [1.29, 1.82) is 0 Å². The van der Waals surface area contributed by atoms with Gasteiger partial charge in [0.2, 0.25) is 12.4 Å². The van der Waals surface area contributed by atoms with E-state index in [1.54, 1.807) is 24.3 Å². The fourth-order valence-corrected chi connectivity index (χ4v) is 3.51. The molecule has 176 valence electrons. The van der Waals surface area contributed by atoms with Crippen LogP contribution in [0, 0.1) is 0 Å². The van der Waals surface area contributed by atoms with Crippen molar-refractivity contribution in [3.05, 3.63) is 36.4 Å². The molecule has 10 heteroatoms. The second-order valence-electron chi connectivity index (χ2n) is 7.32. The number of hydrogen-bond acceptors (Lipinski definition) is 10. The van der Waals surface area contributed by atoms with E-state index in [1.807, 2.05) is 12.1 Å². The highest BCUT2D eigenvalue weighted by Gasteiger charge is 2.48. The minimum Gasteiger partial charge on any atom is -0.456 e. The molecule has 0 spiro atoms. The molecule has 1 fully saturated rings. The number of carbonyl (C=O) groups excluding carboxylic acids is 4. The van der Waals surface area contributed by atoms with Gasteiger partial charge < -0.3 is 28.4 Å². The SMILES string of the molecule is CC(=O)Oc1ccc2ccccc2c1O[C@@H]1OC[C@@H](OC(C)=O)[C@H](OC(C)=O)[C@H]1OC(C)=O. The molecule has 4 atom stereocenters. The Kier molecular flexibility index (Phi) is 7.49. The summed E-state index contributed by atoms with van der Waals surface area (Å²) in [7, 11) is 0. The smallest absolute Gasteiger partial charge is 0.308 e. The average molecular weight is 460 g/mol. The number of carbonyl (C=O) groups is 4. The monoisotopic (exact) mass is 460 g/mol. The molecule has 0 N–H and O–H groups in total. The van der Waals surface area contributed by atoms with Crippen LogP contribution in [-0.2, 0) is 38.1 Å². The van der Waals surface area contributed by atoms with Gasteiger partial charge >= 0.3 is 23.9 Å². The first kappa shape index (κ1) is 24.0. The maximum Gasteiger partial charge on any atom is 0.308 e. The lowest BCUT2D eigenvalue weighted by atomic mass is 10.0. The average Bonchev–Trinajstić information content (AvgIpc) is 2.72. The van der Waals surface area contributed by atoms with Crippen LogP contribution >= 0.6 is 0 Å². The molecule has 10 nitrogen and oxygen atoms in total. The van der Waals surface area contributed by atoms with Gasteiger partial charge in [-0.2, -0.15) is 0 Å². The number of esters is 4. The molecule has 33 heavy (non-hydrogen) atoms. The van der Waals surface area contributed by atoms with Crippen molar-refractivity contribution in [3.63, 3.8) is 0 Å². The molecule has 0 saturated carbocycles. The van der Waals surface area contributed by atoms with E-state index in [9.17, 15) is 19.2 Å². The molecule has 0 aromatic heterocycles. The minimum absolute atomic E-state index is 0.123. The molecule has 0 aliphatic carbocycles. The third-order valence-corrected chi connectivity index (χ3v) is 4.64. The number of rotatable bonds is 6. The number of fused-ring (bicyclic) bond motifs is 1. The van der Waals surface area contributed by atoms with Gasteiger partial charge in [0, 0.05) is 33.1 Å². The molecule has 3 rings (SSSR count). The van der Waals surface area contributed by atoms with Crippen LogP contribution in [0.2, 0.25) is 0 Å². The molecular formula is C23H24O10. The quantitative estimate of drug-likeness (QED) is 0.360. The lowest BCUT2D eigenvalue weighted by molar-refractivity contribution is -0.259. The molecule has 0 bridgehead atoms. The lowest BCUT2D eigenvalue weighted by Crippen LogP contribution is -2.59.